The Bertz CT molecular complexity index is 718. The normalized spacial score (nSPS) is 21.4. The third-order valence-electron chi connectivity index (χ3n) is 4.90. The van der Waals surface area contributed by atoms with Crippen LogP contribution in [0.25, 0.3) is 0 Å². The number of sulfonamides is 1. The predicted molar refractivity (Wildman–Crippen MR) is 108 cm³/mol. The van der Waals surface area contributed by atoms with Crippen molar-refractivity contribution in [3.8, 4) is 0 Å². The lowest BCUT2D eigenvalue weighted by Crippen LogP contribution is -2.38. The van der Waals surface area contributed by atoms with E-state index < -0.39 is 10.0 Å². The minimum Gasteiger partial charge on any atom is -0.325 e. The van der Waals surface area contributed by atoms with Crippen LogP contribution in [0.3, 0.4) is 0 Å². The Morgan fingerprint density at radius 3 is 2.65 bits per heavy atom. The van der Waals surface area contributed by atoms with Crippen LogP contribution in [0.15, 0.2) is 29.2 Å². The fourth-order valence-electron chi connectivity index (χ4n) is 3.33. The molecule has 1 aromatic rings. The average Bonchev–Trinajstić information content (AvgIpc) is 3.17. The number of rotatable bonds is 5. The van der Waals surface area contributed by atoms with Gasteiger partial charge in [-0.1, -0.05) is 25.3 Å². The number of thioether (sulfide) groups is 1. The summed E-state index contributed by atoms with van der Waals surface area (Å²) < 4.78 is 27.3. The molecule has 1 saturated carbocycles. The number of anilines is 1. The van der Waals surface area contributed by atoms with Crippen molar-refractivity contribution in [3.05, 3.63) is 24.3 Å². The summed E-state index contributed by atoms with van der Waals surface area (Å²) in [6.07, 6.45) is 5.16. The Labute approximate surface area is 165 Å². The maximum Gasteiger partial charge on any atom is 0.243 e. The molecule has 3 rings (SSSR count). The molecular formula is C17H26ClN3O3S2. The smallest absolute Gasteiger partial charge is 0.243 e. The third-order valence-corrected chi connectivity index (χ3v) is 7.75. The molecular weight excluding hydrogens is 394 g/mol. The molecule has 1 aromatic carbocycles. The zero-order valence-electron chi connectivity index (χ0n) is 14.8. The van der Waals surface area contributed by atoms with Crippen molar-refractivity contribution in [2.45, 2.75) is 49.1 Å². The van der Waals surface area contributed by atoms with Gasteiger partial charge in [-0.2, -0.15) is 4.31 Å². The van der Waals surface area contributed by atoms with Crippen LogP contribution in [0.4, 0.5) is 5.69 Å². The van der Waals surface area contributed by atoms with Crippen LogP contribution >= 0.6 is 24.2 Å². The fourth-order valence-corrected chi connectivity index (χ4v) is 5.74. The molecule has 1 saturated heterocycles. The number of carbonyl (C=O) groups excluding carboxylic acids is 1. The molecule has 1 heterocycles. The number of benzene rings is 1. The molecule has 9 heteroatoms. The molecule has 0 bridgehead atoms. The van der Waals surface area contributed by atoms with Crippen molar-refractivity contribution in [1.29, 1.82) is 0 Å². The molecule has 1 unspecified atom stereocenters. The van der Waals surface area contributed by atoms with Crippen LogP contribution in [0.5, 0.6) is 0 Å². The fraction of sp³-hybridized carbons (Fsp3) is 0.588. The van der Waals surface area contributed by atoms with Gasteiger partial charge in [0.2, 0.25) is 15.9 Å². The number of nitrogens with one attached hydrogen (secondary N) is 2. The first kappa shape index (κ1) is 21.5. The highest BCUT2D eigenvalue weighted by atomic mass is 35.5. The molecule has 0 spiro atoms. The third kappa shape index (κ3) is 4.92. The molecule has 1 atom stereocenters. The molecule has 2 fully saturated rings. The van der Waals surface area contributed by atoms with Crippen LogP contribution in [-0.4, -0.2) is 49.4 Å². The molecule has 146 valence electrons. The lowest BCUT2D eigenvalue weighted by atomic mass is 9.96. The summed E-state index contributed by atoms with van der Waals surface area (Å²) in [6, 6.07) is 6.38. The molecule has 6 nitrogen and oxygen atoms in total. The highest BCUT2D eigenvalue weighted by Crippen LogP contribution is 2.27. The van der Waals surface area contributed by atoms with E-state index in [-0.39, 0.29) is 35.3 Å². The molecule has 1 aliphatic carbocycles. The summed E-state index contributed by atoms with van der Waals surface area (Å²) in [5.41, 5.74) is 0.516. The van der Waals surface area contributed by atoms with Crippen LogP contribution in [0.1, 0.15) is 32.1 Å². The van der Waals surface area contributed by atoms with Gasteiger partial charge in [-0.15, -0.1) is 24.2 Å². The van der Waals surface area contributed by atoms with E-state index in [1.165, 1.54) is 10.7 Å². The predicted octanol–water partition coefficient (Wildman–Crippen LogP) is 2.66. The lowest BCUT2D eigenvalue weighted by Gasteiger charge is -2.30. The minimum absolute atomic E-state index is 0. The highest BCUT2D eigenvalue weighted by molar-refractivity contribution is 7.99. The Hall–Kier alpha value is -0.800. The Balaban J connectivity index is 0.00000243. The maximum atomic E-state index is 12.9. The summed E-state index contributed by atoms with van der Waals surface area (Å²) in [4.78, 5) is 12.4. The van der Waals surface area contributed by atoms with Crippen LogP contribution < -0.4 is 10.6 Å². The van der Waals surface area contributed by atoms with Gasteiger partial charge in [0.25, 0.3) is 0 Å². The van der Waals surface area contributed by atoms with Crippen molar-refractivity contribution in [2.75, 3.05) is 24.0 Å². The molecule has 1 aliphatic heterocycles. The molecule has 1 amide bonds. The summed E-state index contributed by atoms with van der Waals surface area (Å²) in [7, 11) is -1.89. The van der Waals surface area contributed by atoms with Gasteiger partial charge >= 0.3 is 0 Å². The van der Waals surface area contributed by atoms with Gasteiger partial charge in [0, 0.05) is 30.4 Å². The second kappa shape index (κ2) is 9.41. The van der Waals surface area contributed by atoms with Crippen molar-refractivity contribution < 1.29 is 13.2 Å². The van der Waals surface area contributed by atoms with E-state index in [1.54, 1.807) is 43.1 Å². The molecule has 2 aliphatic rings. The van der Waals surface area contributed by atoms with E-state index in [2.05, 4.69) is 10.6 Å². The van der Waals surface area contributed by atoms with Crippen molar-refractivity contribution >= 4 is 45.8 Å². The number of nitrogens with zero attached hydrogens (tertiary/aromatic N) is 1. The van der Waals surface area contributed by atoms with E-state index in [9.17, 15) is 13.2 Å². The van der Waals surface area contributed by atoms with E-state index in [1.807, 2.05) is 0 Å². The van der Waals surface area contributed by atoms with Gasteiger partial charge in [-0.05, 0) is 31.0 Å². The summed E-state index contributed by atoms with van der Waals surface area (Å²) in [6.45, 7) is 0. The van der Waals surface area contributed by atoms with Gasteiger partial charge in [-0.3, -0.25) is 10.1 Å². The SMILES string of the molecule is CN(C1CCCCC1)S(=O)(=O)c1cccc(NC(=O)C2CSCN2)c1.Cl. The summed E-state index contributed by atoms with van der Waals surface area (Å²) >= 11 is 1.67. The number of hydrogen-bond acceptors (Lipinski definition) is 5. The second-order valence-electron chi connectivity index (χ2n) is 6.60. The largest absolute Gasteiger partial charge is 0.325 e. The monoisotopic (exact) mass is 419 g/mol. The number of amides is 1. The lowest BCUT2D eigenvalue weighted by molar-refractivity contribution is -0.117. The zero-order valence-corrected chi connectivity index (χ0v) is 17.3. The molecule has 26 heavy (non-hydrogen) atoms. The van der Waals surface area contributed by atoms with Crippen molar-refractivity contribution in [2.24, 2.45) is 0 Å². The topological polar surface area (TPSA) is 78.5 Å². The standard InChI is InChI=1S/C17H25N3O3S2.ClH/c1-20(14-7-3-2-4-8-14)25(22,23)15-9-5-6-13(10-15)19-17(21)16-11-24-12-18-16;/h5-6,9-10,14,16,18H,2-4,7-8,11-12H2,1H3,(H,19,21);1H. The van der Waals surface area contributed by atoms with E-state index >= 15 is 0 Å². The first-order valence-electron chi connectivity index (χ1n) is 8.68. The van der Waals surface area contributed by atoms with Crippen LogP contribution in [0, 0.1) is 0 Å². The van der Waals surface area contributed by atoms with Gasteiger partial charge in [0.1, 0.15) is 0 Å². The van der Waals surface area contributed by atoms with Crippen molar-refractivity contribution in [1.82, 2.24) is 9.62 Å². The molecule has 0 aromatic heterocycles. The minimum atomic E-state index is -3.55. The van der Waals surface area contributed by atoms with Gasteiger partial charge in [-0.25, -0.2) is 8.42 Å². The Morgan fingerprint density at radius 1 is 1.27 bits per heavy atom. The van der Waals surface area contributed by atoms with Gasteiger partial charge in [0.15, 0.2) is 0 Å². The van der Waals surface area contributed by atoms with E-state index in [0.717, 1.165) is 37.3 Å². The van der Waals surface area contributed by atoms with E-state index in [4.69, 9.17) is 0 Å². The summed E-state index contributed by atoms with van der Waals surface area (Å²) in [5, 5.41) is 5.92. The quantitative estimate of drug-likeness (QED) is 0.767. The second-order valence-corrected chi connectivity index (χ2v) is 9.63. The Morgan fingerprint density at radius 2 is 2.00 bits per heavy atom. The summed E-state index contributed by atoms with van der Waals surface area (Å²) in [5.74, 6) is 1.37. The highest BCUT2D eigenvalue weighted by Gasteiger charge is 2.29. The van der Waals surface area contributed by atoms with Gasteiger partial charge < -0.3 is 5.32 Å². The number of halogens is 1. The zero-order chi connectivity index (χ0) is 17.9. The van der Waals surface area contributed by atoms with E-state index in [0.29, 0.717) is 5.69 Å². The number of carbonyl (C=O) groups is 1. The van der Waals surface area contributed by atoms with Crippen LogP contribution in [-0.2, 0) is 14.8 Å². The van der Waals surface area contributed by atoms with Crippen molar-refractivity contribution in [3.63, 3.8) is 0 Å². The van der Waals surface area contributed by atoms with Crippen LogP contribution in [0.2, 0.25) is 0 Å². The first-order valence-corrected chi connectivity index (χ1v) is 11.3. The number of hydrogen-bond donors (Lipinski definition) is 2. The molecule has 0 radical (unpaired) electrons. The van der Waals surface area contributed by atoms with Gasteiger partial charge in [0.05, 0.1) is 10.9 Å². The maximum absolute atomic E-state index is 12.9. The first-order chi connectivity index (χ1) is 12.0. The average molecular weight is 420 g/mol. The Kier molecular flexibility index (Phi) is 7.78. The molecule has 2 N–H and O–H groups in total.